The van der Waals surface area contributed by atoms with Crippen LogP contribution in [0.5, 0.6) is 0 Å². The number of nitrogens with zero attached hydrogens (tertiary/aromatic N) is 2. The van der Waals surface area contributed by atoms with Gasteiger partial charge in [0.05, 0.1) is 17.1 Å². The molecule has 1 aliphatic rings. The van der Waals surface area contributed by atoms with Crippen LogP contribution in [0.25, 0.3) is 10.9 Å². The number of anilines is 2. The van der Waals surface area contributed by atoms with E-state index >= 15 is 0 Å². The van der Waals surface area contributed by atoms with Crippen LogP contribution in [0.3, 0.4) is 0 Å². The molecule has 2 N–H and O–H groups in total. The van der Waals surface area contributed by atoms with Gasteiger partial charge in [0, 0.05) is 30.4 Å². The maximum absolute atomic E-state index is 12.7. The number of fused-ring (bicyclic) bond motifs is 1. The maximum Gasteiger partial charge on any atom is 0.391 e. The second-order valence-corrected chi connectivity index (χ2v) is 5.38. The summed E-state index contributed by atoms with van der Waals surface area (Å²) in [7, 11) is 0. The number of hydrogen-bond acceptors (Lipinski definition) is 3. The van der Waals surface area contributed by atoms with E-state index in [9.17, 15) is 13.2 Å². The minimum absolute atomic E-state index is 0.127. The van der Waals surface area contributed by atoms with Gasteiger partial charge in [-0.2, -0.15) is 13.2 Å². The zero-order chi connectivity index (χ0) is 15.0. The number of pyridine rings is 1. The van der Waals surface area contributed by atoms with Crippen LogP contribution in [0.1, 0.15) is 12.8 Å². The molecule has 0 bridgehead atoms. The molecule has 1 saturated heterocycles. The van der Waals surface area contributed by atoms with Gasteiger partial charge < -0.3 is 10.6 Å². The number of benzene rings is 1. The lowest BCUT2D eigenvalue weighted by Gasteiger charge is -2.34. The average molecular weight is 295 g/mol. The Morgan fingerprint density at radius 3 is 2.52 bits per heavy atom. The van der Waals surface area contributed by atoms with Gasteiger partial charge in [-0.3, -0.25) is 4.98 Å². The number of nitrogens with two attached hydrogens (primary N) is 1. The van der Waals surface area contributed by atoms with E-state index in [1.165, 1.54) is 0 Å². The number of hydrogen-bond donors (Lipinski definition) is 1. The summed E-state index contributed by atoms with van der Waals surface area (Å²) in [6, 6.07) is 7.32. The second-order valence-electron chi connectivity index (χ2n) is 5.38. The smallest absolute Gasteiger partial charge is 0.391 e. The van der Waals surface area contributed by atoms with Crippen LogP contribution in [0.4, 0.5) is 24.5 Å². The fourth-order valence-electron chi connectivity index (χ4n) is 2.88. The fourth-order valence-corrected chi connectivity index (χ4v) is 2.88. The lowest BCUT2D eigenvalue weighted by atomic mass is 9.95. The fraction of sp³-hybridized carbons (Fsp3) is 0.400. The Hall–Kier alpha value is -1.98. The Kier molecular flexibility index (Phi) is 3.39. The van der Waals surface area contributed by atoms with Gasteiger partial charge in [0.2, 0.25) is 0 Å². The third-order valence-electron chi connectivity index (χ3n) is 4.08. The van der Waals surface area contributed by atoms with Crippen molar-refractivity contribution in [1.29, 1.82) is 0 Å². The highest BCUT2D eigenvalue weighted by atomic mass is 19.4. The summed E-state index contributed by atoms with van der Waals surface area (Å²) in [5.74, 6) is -1.19. The van der Waals surface area contributed by atoms with Crippen molar-refractivity contribution >= 4 is 22.3 Å². The summed E-state index contributed by atoms with van der Waals surface area (Å²) < 4.78 is 38.2. The Morgan fingerprint density at radius 1 is 1.14 bits per heavy atom. The third kappa shape index (κ3) is 2.62. The average Bonchev–Trinajstić information content (AvgIpc) is 2.47. The van der Waals surface area contributed by atoms with E-state index in [1.54, 1.807) is 18.3 Å². The van der Waals surface area contributed by atoms with Crippen LogP contribution in [0.15, 0.2) is 30.5 Å². The van der Waals surface area contributed by atoms with Crippen LogP contribution in [-0.2, 0) is 0 Å². The quantitative estimate of drug-likeness (QED) is 0.817. The van der Waals surface area contributed by atoms with Crippen LogP contribution < -0.4 is 10.6 Å². The molecule has 0 amide bonds. The Bertz CT molecular complexity index is 646. The predicted molar refractivity (Wildman–Crippen MR) is 77.1 cm³/mol. The van der Waals surface area contributed by atoms with Crippen molar-refractivity contribution in [1.82, 2.24) is 4.98 Å². The van der Waals surface area contributed by atoms with Crippen molar-refractivity contribution in [2.45, 2.75) is 19.0 Å². The molecule has 1 aromatic heterocycles. The molecule has 21 heavy (non-hydrogen) atoms. The first kappa shape index (κ1) is 14.0. The van der Waals surface area contributed by atoms with Gasteiger partial charge in [0.25, 0.3) is 0 Å². The molecule has 3 nitrogen and oxygen atoms in total. The predicted octanol–water partition coefficient (Wildman–Crippen LogP) is 3.60. The minimum Gasteiger partial charge on any atom is -0.398 e. The summed E-state index contributed by atoms with van der Waals surface area (Å²) in [4.78, 5) is 6.31. The monoisotopic (exact) mass is 295 g/mol. The molecule has 6 heteroatoms. The summed E-state index contributed by atoms with van der Waals surface area (Å²) in [5, 5.41) is 0.841. The maximum atomic E-state index is 12.7. The highest BCUT2D eigenvalue weighted by Gasteiger charge is 2.41. The number of halogens is 3. The van der Waals surface area contributed by atoms with E-state index in [4.69, 9.17) is 5.73 Å². The Morgan fingerprint density at radius 2 is 1.86 bits per heavy atom. The highest BCUT2D eigenvalue weighted by Crippen LogP contribution is 2.37. The van der Waals surface area contributed by atoms with Crippen LogP contribution in [-0.4, -0.2) is 24.2 Å². The van der Waals surface area contributed by atoms with Crippen molar-refractivity contribution in [2.24, 2.45) is 5.92 Å². The SMILES string of the molecule is Nc1ccc(N2CCC(C(F)(F)F)CC2)c2ncccc12. The standard InChI is InChI=1S/C15H16F3N3/c16-15(17,18)10-5-8-21(9-6-10)13-4-3-12(19)11-2-1-7-20-14(11)13/h1-4,7,10H,5-6,8-9,19H2. The largest absolute Gasteiger partial charge is 0.398 e. The number of rotatable bonds is 1. The first-order valence-corrected chi connectivity index (χ1v) is 6.91. The Balaban J connectivity index is 1.88. The molecule has 3 rings (SSSR count). The molecular formula is C15H16F3N3. The van der Waals surface area contributed by atoms with Gasteiger partial charge in [-0.15, -0.1) is 0 Å². The van der Waals surface area contributed by atoms with E-state index in [-0.39, 0.29) is 12.8 Å². The minimum atomic E-state index is -4.09. The zero-order valence-electron chi connectivity index (χ0n) is 11.4. The number of piperidine rings is 1. The van der Waals surface area contributed by atoms with Crippen LogP contribution in [0, 0.1) is 5.92 Å². The van der Waals surface area contributed by atoms with Gasteiger partial charge in [-0.1, -0.05) is 0 Å². The highest BCUT2D eigenvalue weighted by molar-refractivity contribution is 5.98. The van der Waals surface area contributed by atoms with Crippen LogP contribution >= 0.6 is 0 Å². The molecular weight excluding hydrogens is 279 g/mol. The van der Waals surface area contributed by atoms with Crippen LogP contribution in [0.2, 0.25) is 0 Å². The van der Waals surface area contributed by atoms with Crippen molar-refractivity contribution in [3.05, 3.63) is 30.5 Å². The van der Waals surface area contributed by atoms with E-state index in [0.717, 1.165) is 16.6 Å². The molecule has 1 aliphatic heterocycles. The summed E-state index contributed by atoms with van der Waals surface area (Å²) >= 11 is 0. The summed E-state index contributed by atoms with van der Waals surface area (Å²) in [6.07, 6.45) is -2.16. The summed E-state index contributed by atoms with van der Waals surface area (Å²) in [6.45, 7) is 0.777. The van der Waals surface area contributed by atoms with Crippen molar-refractivity contribution in [2.75, 3.05) is 23.7 Å². The third-order valence-corrected chi connectivity index (χ3v) is 4.08. The van der Waals surface area contributed by atoms with Crippen molar-refractivity contribution in [3.8, 4) is 0 Å². The molecule has 112 valence electrons. The molecule has 1 aromatic carbocycles. The van der Waals surface area contributed by atoms with E-state index in [1.807, 2.05) is 17.0 Å². The van der Waals surface area contributed by atoms with E-state index in [0.29, 0.717) is 18.8 Å². The van der Waals surface area contributed by atoms with Crippen molar-refractivity contribution in [3.63, 3.8) is 0 Å². The molecule has 0 aliphatic carbocycles. The van der Waals surface area contributed by atoms with Gasteiger partial charge in [0.1, 0.15) is 0 Å². The number of alkyl halides is 3. The first-order valence-electron chi connectivity index (χ1n) is 6.91. The topological polar surface area (TPSA) is 42.1 Å². The van der Waals surface area contributed by atoms with E-state index in [2.05, 4.69) is 4.98 Å². The molecule has 0 unspecified atom stereocenters. The molecule has 0 atom stereocenters. The van der Waals surface area contributed by atoms with Gasteiger partial charge in [-0.25, -0.2) is 0 Å². The summed E-state index contributed by atoms with van der Waals surface area (Å²) in [5.41, 5.74) is 8.17. The lowest BCUT2D eigenvalue weighted by molar-refractivity contribution is -0.179. The normalized spacial score (nSPS) is 17.4. The first-order chi connectivity index (χ1) is 9.97. The number of nitrogen functional groups attached to an aromatic ring is 1. The van der Waals surface area contributed by atoms with Gasteiger partial charge in [0.15, 0.2) is 0 Å². The Labute approximate surface area is 120 Å². The molecule has 2 heterocycles. The number of aromatic nitrogens is 1. The molecule has 0 saturated carbocycles. The second kappa shape index (κ2) is 5.09. The van der Waals surface area contributed by atoms with E-state index < -0.39 is 12.1 Å². The zero-order valence-corrected chi connectivity index (χ0v) is 11.4. The van der Waals surface area contributed by atoms with Gasteiger partial charge in [-0.05, 0) is 37.1 Å². The molecule has 0 radical (unpaired) electrons. The van der Waals surface area contributed by atoms with Gasteiger partial charge >= 0.3 is 6.18 Å². The van der Waals surface area contributed by atoms with Crippen molar-refractivity contribution < 1.29 is 13.2 Å². The molecule has 2 aromatic rings. The lowest BCUT2D eigenvalue weighted by Crippen LogP contribution is -2.39. The molecule has 0 spiro atoms. The molecule has 1 fully saturated rings.